The monoisotopic (exact) mass is 392 g/mol. The van der Waals surface area contributed by atoms with E-state index in [1.165, 1.54) is 4.90 Å². The van der Waals surface area contributed by atoms with Gasteiger partial charge in [0.2, 0.25) is 5.91 Å². The molecule has 2 saturated heterocycles. The van der Waals surface area contributed by atoms with Gasteiger partial charge in [0, 0.05) is 43.7 Å². The first-order valence-corrected chi connectivity index (χ1v) is 10.1. The van der Waals surface area contributed by atoms with Crippen molar-refractivity contribution in [2.24, 2.45) is 0 Å². The van der Waals surface area contributed by atoms with Gasteiger partial charge in [-0.2, -0.15) is 0 Å². The summed E-state index contributed by atoms with van der Waals surface area (Å²) in [5.74, 6) is -0.364. The fraction of sp³-hybridized carbons (Fsp3) is 0.391. The third-order valence-corrected chi connectivity index (χ3v) is 6.65. The number of amides is 1. The SMILES string of the molecule is O=C1C[C@@]2(c3ccccc3)C(=O)c3ccccc3[C@@]2(O)N1CCN1CCOCC1. The van der Waals surface area contributed by atoms with Crippen LogP contribution in [0, 0.1) is 0 Å². The first-order chi connectivity index (χ1) is 14.1. The van der Waals surface area contributed by atoms with E-state index in [-0.39, 0.29) is 18.1 Å². The van der Waals surface area contributed by atoms with E-state index in [0.29, 0.717) is 43.0 Å². The van der Waals surface area contributed by atoms with E-state index in [1.807, 2.05) is 36.4 Å². The van der Waals surface area contributed by atoms with Crippen LogP contribution in [0.3, 0.4) is 0 Å². The molecule has 2 aromatic rings. The normalized spacial score (nSPS) is 29.2. The second kappa shape index (κ2) is 6.76. The maximum Gasteiger partial charge on any atom is 0.226 e. The van der Waals surface area contributed by atoms with Gasteiger partial charge in [-0.05, 0) is 5.56 Å². The summed E-state index contributed by atoms with van der Waals surface area (Å²) in [6.07, 6.45) is -0.0237. The first-order valence-electron chi connectivity index (χ1n) is 10.1. The Balaban J connectivity index is 1.60. The summed E-state index contributed by atoms with van der Waals surface area (Å²) >= 11 is 0. The first kappa shape index (κ1) is 18.5. The number of nitrogens with zero attached hydrogens (tertiary/aromatic N) is 2. The molecule has 6 nitrogen and oxygen atoms in total. The van der Waals surface area contributed by atoms with Crippen molar-refractivity contribution in [3.63, 3.8) is 0 Å². The predicted molar refractivity (Wildman–Crippen MR) is 106 cm³/mol. The Morgan fingerprint density at radius 1 is 0.931 bits per heavy atom. The lowest BCUT2D eigenvalue weighted by molar-refractivity contribution is -0.153. The zero-order valence-corrected chi connectivity index (χ0v) is 16.2. The lowest BCUT2D eigenvalue weighted by Crippen LogP contribution is -2.55. The van der Waals surface area contributed by atoms with Crippen molar-refractivity contribution in [2.75, 3.05) is 39.4 Å². The Kier molecular flexibility index (Phi) is 4.31. The molecule has 0 bridgehead atoms. The molecule has 2 atom stereocenters. The van der Waals surface area contributed by atoms with Crippen molar-refractivity contribution < 1.29 is 19.4 Å². The Bertz CT molecular complexity index is 956. The molecule has 0 aromatic heterocycles. The number of ether oxygens (including phenoxy) is 1. The maximum absolute atomic E-state index is 13.6. The molecule has 150 valence electrons. The van der Waals surface area contributed by atoms with Crippen LogP contribution >= 0.6 is 0 Å². The number of morpholine rings is 1. The smallest absolute Gasteiger partial charge is 0.226 e. The standard InChI is InChI=1S/C23H24N2O4/c26-20-16-22(17-6-2-1-3-7-17)21(27)18-8-4-5-9-19(18)23(22,28)25(20)11-10-24-12-14-29-15-13-24/h1-9,28H,10-16H2/t22-,23+/m1/s1. The summed E-state index contributed by atoms with van der Waals surface area (Å²) in [7, 11) is 0. The van der Waals surface area contributed by atoms with Gasteiger partial charge in [-0.25, -0.2) is 0 Å². The molecule has 2 aliphatic heterocycles. The van der Waals surface area contributed by atoms with E-state index in [0.717, 1.165) is 13.1 Å². The van der Waals surface area contributed by atoms with E-state index in [9.17, 15) is 14.7 Å². The van der Waals surface area contributed by atoms with E-state index in [2.05, 4.69) is 4.90 Å². The Morgan fingerprint density at radius 3 is 2.38 bits per heavy atom. The number of Topliss-reactive ketones (excluding diaryl/α,β-unsaturated/α-hetero) is 1. The zero-order chi connectivity index (χ0) is 20.1. The molecular formula is C23H24N2O4. The predicted octanol–water partition coefficient (Wildman–Crippen LogP) is 1.53. The van der Waals surface area contributed by atoms with Gasteiger partial charge in [0.1, 0.15) is 5.41 Å². The fourth-order valence-electron chi connectivity index (χ4n) is 5.20. The van der Waals surface area contributed by atoms with Crippen molar-refractivity contribution in [3.8, 4) is 0 Å². The third kappa shape index (κ3) is 2.46. The fourth-order valence-corrected chi connectivity index (χ4v) is 5.20. The van der Waals surface area contributed by atoms with Crippen molar-refractivity contribution in [3.05, 3.63) is 71.3 Å². The minimum atomic E-state index is -1.68. The van der Waals surface area contributed by atoms with E-state index < -0.39 is 11.1 Å². The number of aliphatic hydroxyl groups is 1. The maximum atomic E-state index is 13.6. The molecule has 2 aromatic carbocycles. The van der Waals surface area contributed by atoms with Crippen molar-refractivity contribution in [1.29, 1.82) is 0 Å². The molecular weight excluding hydrogens is 368 g/mol. The molecule has 1 aliphatic carbocycles. The van der Waals surface area contributed by atoms with Crippen LogP contribution in [-0.2, 0) is 20.7 Å². The quantitative estimate of drug-likeness (QED) is 0.855. The van der Waals surface area contributed by atoms with Gasteiger partial charge < -0.3 is 14.7 Å². The molecule has 29 heavy (non-hydrogen) atoms. The zero-order valence-electron chi connectivity index (χ0n) is 16.2. The lowest BCUT2D eigenvalue weighted by Gasteiger charge is -2.41. The van der Waals surface area contributed by atoms with Gasteiger partial charge in [-0.15, -0.1) is 0 Å². The molecule has 3 aliphatic rings. The van der Waals surface area contributed by atoms with Gasteiger partial charge in [0.05, 0.1) is 13.2 Å². The van der Waals surface area contributed by atoms with E-state index >= 15 is 0 Å². The molecule has 0 saturated carbocycles. The van der Waals surface area contributed by atoms with Crippen LogP contribution in [0.1, 0.15) is 27.9 Å². The summed E-state index contributed by atoms with van der Waals surface area (Å²) in [6.45, 7) is 3.96. The van der Waals surface area contributed by atoms with Crippen LogP contribution in [0.5, 0.6) is 0 Å². The van der Waals surface area contributed by atoms with Gasteiger partial charge in [-0.3, -0.25) is 14.5 Å². The van der Waals surface area contributed by atoms with Crippen LogP contribution in [0.15, 0.2) is 54.6 Å². The average Bonchev–Trinajstić information content (AvgIpc) is 3.11. The number of carbonyl (C=O) groups is 2. The molecule has 0 unspecified atom stereocenters. The van der Waals surface area contributed by atoms with Crippen molar-refractivity contribution in [1.82, 2.24) is 9.80 Å². The molecule has 2 heterocycles. The molecule has 1 amide bonds. The van der Waals surface area contributed by atoms with Crippen LogP contribution in [0.4, 0.5) is 0 Å². The summed E-state index contributed by atoms with van der Waals surface area (Å²) in [5.41, 5.74) is -1.26. The second-order valence-electron chi connectivity index (χ2n) is 7.99. The number of rotatable bonds is 4. The van der Waals surface area contributed by atoms with Crippen molar-refractivity contribution >= 4 is 11.7 Å². The van der Waals surface area contributed by atoms with Gasteiger partial charge in [-0.1, -0.05) is 54.6 Å². The second-order valence-corrected chi connectivity index (χ2v) is 7.99. The summed E-state index contributed by atoms with van der Waals surface area (Å²) < 4.78 is 5.40. The van der Waals surface area contributed by atoms with Crippen LogP contribution in [-0.4, -0.2) is 66.0 Å². The molecule has 6 heteroatoms. The highest BCUT2D eigenvalue weighted by atomic mass is 16.5. The summed E-state index contributed by atoms with van der Waals surface area (Å²) in [6, 6.07) is 16.4. The van der Waals surface area contributed by atoms with Crippen molar-refractivity contribution in [2.45, 2.75) is 17.6 Å². The number of hydrogen-bond acceptors (Lipinski definition) is 5. The van der Waals surface area contributed by atoms with E-state index in [4.69, 9.17) is 4.74 Å². The number of hydrogen-bond donors (Lipinski definition) is 1. The van der Waals surface area contributed by atoms with Crippen LogP contribution in [0.2, 0.25) is 0 Å². The third-order valence-electron chi connectivity index (χ3n) is 6.65. The molecule has 0 radical (unpaired) electrons. The van der Waals surface area contributed by atoms with E-state index in [1.54, 1.807) is 18.2 Å². The molecule has 1 N–H and O–H groups in total. The highest BCUT2D eigenvalue weighted by Gasteiger charge is 2.72. The number of carbonyl (C=O) groups excluding carboxylic acids is 2. The highest BCUT2D eigenvalue weighted by molar-refractivity contribution is 6.14. The average molecular weight is 392 g/mol. The minimum absolute atomic E-state index is 0.0237. The number of ketones is 1. The molecule has 0 spiro atoms. The Labute approximate surface area is 169 Å². The highest BCUT2D eigenvalue weighted by Crippen LogP contribution is 2.59. The minimum Gasteiger partial charge on any atom is -0.379 e. The number of fused-ring (bicyclic) bond motifs is 3. The largest absolute Gasteiger partial charge is 0.379 e. The number of likely N-dealkylation sites (tertiary alicyclic amines) is 1. The van der Waals surface area contributed by atoms with Crippen LogP contribution in [0.25, 0.3) is 0 Å². The Morgan fingerprint density at radius 2 is 1.62 bits per heavy atom. The molecule has 2 fully saturated rings. The lowest BCUT2D eigenvalue weighted by atomic mass is 9.71. The van der Waals surface area contributed by atoms with Gasteiger partial charge >= 0.3 is 0 Å². The Hall–Kier alpha value is -2.54. The van der Waals surface area contributed by atoms with Gasteiger partial charge in [0.25, 0.3) is 0 Å². The topological polar surface area (TPSA) is 70.1 Å². The van der Waals surface area contributed by atoms with Crippen LogP contribution < -0.4 is 0 Å². The van der Waals surface area contributed by atoms with Gasteiger partial charge in [0.15, 0.2) is 11.5 Å². The number of benzene rings is 2. The molecule has 5 rings (SSSR count). The summed E-state index contributed by atoms with van der Waals surface area (Å²) in [4.78, 5) is 30.6. The summed E-state index contributed by atoms with van der Waals surface area (Å²) in [5, 5.41) is 12.2.